The maximum absolute atomic E-state index is 4.89. The first-order valence-corrected chi connectivity index (χ1v) is 3.05. The summed E-state index contributed by atoms with van der Waals surface area (Å²) in [5, 5.41) is 2.95. The fourth-order valence-electron chi connectivity index (χ4n) is 0.644. The maximum Gasteiger partial charge on any atom is 0.293 e. The quantitative estimate of drug-likeness (QED) is 0.542. The molecule has 0 aromatic carbocycles. The summed E-state index contributed by atoms with van der Waals surface area (Å²) in [5.74, 6) is 0. The number of nitrogens with zero attached hydrogens (tertiary/aromatic N) is 1. The van der Waals surface area contributed by atoms with E-state index in [0.29, 0.717) is 6.02 Å². The normalized spacial score (nSPS) is 16.6. The molecule has 3 nitrogen and oxygen atoms in total. The maximum atomic E-state index is 4.89. The van der Waals surface area contributed by atoms with Crippen molar-refractivity contribution in [3.63, 3.8) is 0 Å². The monoisotopic (exact) mass is 138 g/mol. The number of methoxy groups -OCH3 is 1. The van der Waals surface area contributed by atoms with Gasteiger partial charge < -0.3 is 10.1 Å². The first-order chi connectivity index (χ1) is 4.83. The Kier molecular flexibility index (Phi) is 2.10. The third-order valence-corrected chi connectivity index (χ3v) is 1.12. The van der Waals surface area contributed by atoms with Gasteiger partial charge in [-0.3, -0.25) is 0 Å². The molecule has 0 amide bonds. The highest BCUT2D eigenvalue weighted by Crippen LogP contribution is 1.94. The first kappa shape index (κ1) is 6.86. The Labute approximate surface area is 60.1 Å². The van der Waals surface area contributed by atoms with Gasteiger partial charge >= 0.3 is 0 Å². The first-order valence-electron chi connectivity index (χ1n) is 3.05. The van der Waals surface area contributed by atoms with E-state index in [2.05, 4.69) is 10.3 Å². The summed E-state index contributed by atoms with van der Waals surface area (Å²) in [6, 6.07) is 0.530. The van der Waals surface area contributed by atoms with Crippen LogP contribution < -0.4 is 5.32 Å². The molecule has 3 heteroatoms. The summed E-state index contributed by atoms with van der Waals surface area (Å²) in [6.45, 7) is 1.95. The van der Waals surface area contributed by atoms with Crippen LogP contribution in [0.25, 0.3) is 0 Å². The van der Waals surface area contributed by atoms with Crippen LogP contribution in [-0.4, -0.2) is 13.1 Å². The van der Waals surface area contributed by atoms with Gasteiger partial charge in [-0.15, -0.1) is 0 Å². The molecular weight excluding hydrogens is 128 g/mol. The summed E-state index contributed by atoms with van der Waals surface area (Å²) in [5.41, 5.74) is 1.02. The minimum Gasteiger partial charge on any atom is -0.468 e. The van der Waals surface area contributed by atoms with Gasteiger partial charge in [0.1, 0.15) is 0 Å². The molecule has 0 spiro atoms. The largest absolute Gasteiger partial charge is 0.468 e. The molecule has 0 radical (unpaired) electrons. The third-order valence-electron chi connectivity index (χ3n) is 1.12. The van der Waals surface area contributed by atoms with E-state index in [1.165, 1.54) is 0 Å². The highest BCUT2D eigenvalue weighted by Gasteiger charge is 1.96. The molecule has 0 saturated carbocycles. The Bertz CT molecular complexity index is 204. The van der Waals surface area contributed by atoms with Crippen molar-refractivity contribution in [2.45, 2.75) is 6.92 Å². The number of nitrogens with one attached hydrogen (secondary N) is 1. The molecule has 1 rings (SSSR count). The summed E-state index contributed by atoms with van der Waals surface area (Å²) in [4.78, 5) is 3.94. The van der Waals surface area contributed by atoms with Crippen LogP contribution in [-0.2, 0) is 4.74 Å². The number of hydrogen-bond donors (Lipinski definition) is 1. The second-order valence-electron chi connectivity index (χ2n) is 1.95. The van der Waals surface area contributed by atoms with E-state index in [1.54, 1.807) is 13.3 Å². The Morgan fingerprint density at radius 1 is 1.60 bits per heavy atom. The Balaban J connectivity index is 2.72. The van der Waals surface area contributed by atoms with Crippen molar-refractivity contribution >= 4 is 6.02 Å². The van der Waals surface area contributed by atoms with Crippen molar-refractivity contribution in [1.82, 2.24) is 5.32 Å². The standard InChI is InChI=1S/C7H10N2O/c1-6-4-3-5-8-7(9-6)10-2/h3-5H,1-2H3,(H,8,9). The van der Waals surface area contributed by atoms with Crippen molar-refractivity contribution in [3.05, 3.63) is 24.0 Å². The molecule has 0 aromatic rings. The van der Waals surface area contributed by atoms with E-state index in [0.717, 1.165) is 5.70 Å². The van der Waals surface area contributed by atoms with Gasteiger partial charge in [0.15, 0.2) is 0 Å². The number of rotatable bonds is 0. The van der Waals surface area contributed by atoms with Crippen LogP contribution in [0.4, 0.5) is 0 Å². The van der Waals surface area contributed by atoms with Gasteiger partial charge in [-0.05, 0) is 19.1 Å². The van der Waals surface area contributed by atoms with E-state index in [-0.39, 0.29) is 0 Å². The zero-order valence-electron chi connectivity index (χ0n) is 6.09. The van der Waals surface area contributed by atoms with Crippen molar-refractivity contribution in [3.8, 4) is 0 Å². The zero-order valence-corrected chi connectivity index (χ0v) is 6.09. The zero-order chi connectivity index (χ0) is 7.40. The Morgan fingerprint density at radius 2 is 2.40 bits per heavy atom. The van der Waals surface area contributed by atoms with E-state index >= 15 is 0 Å². The predicted molar refractivity (Wildman–Crippen MR) is 40.5 cm³/mol. The van der Waals surface area contributed by atoms with Crippen LogP contribution in [0, 0.1) is 0 Å². The molecule has 0 aromatic heterocycles. The summed E-state index contributed by atoms with van der Waals surface area (Å²) >= 11 is 0. The van der Waals surface area contributed by atoms with Crippen LogP contribution in [0.5, 0.6) is 0 Å². The van der Waals surface area contributed by atoms with Gasteiger partial charge in [0, 0.05) is 11.9 Å². The molecule has 54 valence electrons. The number of aliphatic imine (C=N–C) groups is 1. The summed E-state index contributed by atoms with van der Waals surface area (Å²) < 4.78 is 4.89. The fourth-order valence-corrected chi connectivity index (χ4v) is 0.644. The van der Waals surface area contributed by atoms with E-state index in [4.69, 9.17) is 4.74 Å². The number of allylic oxidation sites excluding steroid dienone is 3. The minimum absolute atomic E-state index is 0.530. The fraction of sp³-hybridized carbons (Fsp3) is 0.286. The highest BCUT2D eigenvalue weighted by molar-refractivity contribution is 5.76. The van der Waals surface area contributed by atoms with Crippen LogP contribution in [0.3, 0.4) is 0 Å². The number of hydrogen-bond acceptors (Lipinski definition) is 3. The lowest BCUT2D eigenvalue weighted by molar-refractivity contribution is 0.386. The number of amidine groups is 1. The third kappa shape index (κ3) is 1.62. The van der Waals surface area contributed by atoms with Crippen molar-refractivity contribution in [1.29, 1.82) is 0 Å². The molecule has 1 heterocycles. The molecule has 0 bridgehead atoms. The molecular formula is C7H10N2O. The minimum atomic E-state index is 0.530. The number of ether oxygens (including phenoxy) is 1. The molecule has 0 atom stereocenters. The van der Waals surface area contributed by atoms with Crippen molar-refractivity contribution in [2.24, 2.45) is 4.99 Å². The second-order valence-corrected chi connectivity index (χ2v) is 1.95. The summed E-state index contributed by atoms with van der Waals surface area (Å²) in [6.07, 6.45) is 5.46. The van der Waals surface area contributed by atoms with Crippen LogP contribution in [0.2, 0.25) is 0 Å². The Morgan fingerprint density at radius 3 is 3.10 bits per heavy atom. The highest BCUT2D eigenvalue weighted by atomic mass is 16.5. The SMILES string of the molecule is COC1=NC=CC=C(C)N1. The van der Waals surface area contributed by atoms with Crippen LogP contribution in [0.1, 0.15) is 6.92 Å². The van der Waals surface area contributed by atoms with Crippen molar-refractivity contribution in [2.75, 3.05) is 7.11 Å². The van der Waals surface area contributed by atoms with Crippen molar-refractivity contribution < 1.29 is 4.74 Å². The molecule has 0 unspecified atom stereocenters. The van der Waals surface area contributed by atoms with E-state index < -0.39 is 0 Å². The lowest BCUT2D eigenvalue weighted by atomic mass is 10.4. The topological polar surface area (TPSA) is 33.6 Å². The van der Waals surface area contributed by atoms with E-state index in [1.807, 2.05) is 19.1 Å². The molecule has 0 fully saturated rings. The van der Waals surface area contributed by atoms with Gasteiger partial charge in [-0.1, -0.05) is 0 Å². The van der Waals surface area contributed by atoms with Crippen LogP contribution in [0.15, 0.2) is 29.0 Å². The van der Waals surface area contributed by atoms with Gasteiger partial charge in [0.25, 0.3) is 6.02 Å². The summed E-state index contributed by atoms with van der Waals surface area (Å²) in [7, 11) is 1.58. The lowest BCUT2D eigenvalue weighted by Crippen LogP contribution is -2.21. The van der Waals surface area contributed by atoms with Gasteiger partial charge in [0.05, 0.1) is 7.11 Å². The molecule has 1 aliphatic heterocycles. The predicted octanol–water partition coefficient (Wildman–Crippen LogP) is 1.01. The molecule has 10 heavy (non-hydrogen) atoms. The molecule has 0 saturated heterocycles. The molecule has 0 aliphatic carbocycles. The molecule has 1 aliphatic rings. The van der Waals surface area contributed by atoms with E-state index in [9.17, 15) is 0 Å². The average molecular weight is 138 g/mol. The van der Waals surface area contributed by atoms with Gasteiger partial charge in [0.2, 0.25) is 0 Å². The van der Waals surface area contributed by atoms with Gasteiger partial charge in [-0.2, -0.15) is 0 Å². The lowest BCUT2D eigenvalue weighted by Gasteiger charge is -2.04. The Hall–Kier alpha value is -1.25. The molecule has 1 N–H and O–H groups in total. The average Bonchev–Trinajstić information content (AvgIpc) is 2.13. The van der Waals surface area contributed by atoms with Crippen LogP contribution >= 0.6 is 0 Å². The van der Waals surface area contributed by atoms with Gasteiger partial charge in [-0.25, -0.2) is 4.99 Å². The smallest absolute Gasteiger partial charge is 0.293 e. The second kappa shape index (κ2) is 3.06.